The lowest BCUT2D eigenvalue weighted by molar-refractivity contribution is 0.102. The largest absolute Gasteiger partial charge is 0.382 e. The number of nitrogens with zero attached hydrogens (tertiary/aromatic N) is 2. The van der Waals surface area contributed by atoms with Gasteiger partial charge in [0, 0.05) is 29.1 Å². The van der Waals surface area contributed by atoms with E-state index in [1.165, 1.54) is 23.1 Å². The normalized spacial score (nSPS) is 11.2. The molecule has 3 aromatic rings. The van der Waals surface area contributed by atoms with Gasteiger partial charge < -0.3 is 4.74 Å². The number of halogens is 1. The van der Waals surface area contributed by atoms with Gasteiger partial charge in [0.1, 0.15) is 0 Å². The van der Waals surface area contributed by atoms with Gasteiger partial charge in [-0.05, 0) is 50.6 Å². The first kappa shape index (κ1) is 21.2. The van der Waals surface area contributed by atoms with Crippen LogP contribution in [0.5, 0.6) is 0 Å². The van der Waals surface area contributed by atoms with E-state index in [4.69, 9.17) is 4.74 Å². The lowest BCUT2D eigenvalue weighted by atomic mass is 10.2. The topological polar surface area (TPSA) is 61.2 Å². The zero-order chi connectivity index (χ0) is 20.1. The first-order valence-electron chi connectivity index (χ1n) is 9.00. The molecule has 0 unspecified atom stereocenters. The summed E-state index contributed by atoms with van der Waals surface area (Å²) in [6, 6.07) is 9.27. The molecule has 0 bridgehead atoms. The average Bonchev–Trinajstić information content (AvgIpc) is 3.12. The number of aromatic nitrogens is 2. The lowest BCUT2D eigenvalue weighted by Crippen LogP contribution is -2.24. The summed E-state index contributed by atoms with van der Waals surface area (Å²) >= 11 is 6.22. The number of hydrogen-bond acceptors (Lipinski definition) is 6. The summed E-state index contributed by atoms with van der Waals surface area (Å²) in [5.41, 5.74) is 0.542. The number of ketones is 1. The Morgan fingerprint density at radius 2 is 2.14 bits per heavy atom. The van der Waals surface area contributed by atoms with Crippen molar-refractivity contribution in [2.45, 2.75) is 32.0 Å². The molecule has 2 heterocycles. The van der Waals surface area contributed by atoms with Crippen LogP contribution in [0.4, 0.5) is 0 Å². The highest BCUT2D eigenvalue weighted by atomic mass is 79.9. The molecule has 148 valence electrons. The highest BCUT2D eigenvalue weighted by molar-refractivity contribution is 9.10. The highest BCUT2D eigenvalue weighted by Crippen LogP contribution is 2.23. The number of aryl methyl sites for hydroxylation is 1. The molecule has 5 nitrogen and oxygen atoms in total. The summed E-state index contributed by atoms with van der Waals surface area (Å²) in [6.45, 7) is 5.65. The summed E-state index contributed by atoms with van der Waals surface area (Å²) < 4.78 is 7.89. The molecule has 0 fully saturated rings. The number of carbonyl (C=O) groups excluding carboxylic acids is 1. The zero-order valence-corrected chi connectivity index (χ0v) is 19.0. The predicted molar refractivity (Wildman–Crippen MR) is 119 cm³/mol. The Hall–Kier alpha value is -1.48. The van der Waals surface area contributed by atoms with Gasteiger partial charge in [-0.2, -0.15) is 0 Å². The monoisotopic (exact) mass is 480 g/mol. The third kappa shape index (κ3) is 5.11. The number of rotatable bonds is 9. The molecular formula is C20H21BrN2O3S2. The van der Waals surface area contributed by atoms with E-state index in [1.54, 1.807) is 10.6 Å². The van der Waals surface area contributed by atoms with Gasteiger partial charge in [-0.25, -0.2) is 4.98 Å². The third-order valence-corrected chi connectivity index (χ3v) is 6.61. The van der Waals surface area contributed by atoms with E-state index in [-0.39, 0.29) is 17.1 Å². The Kier molecular flexibility index (Phi) is 7.45. The number of fused-ring (bicyclic) bond motifs is 1. The Morgan fingerprint density at radius 1 is 1.32 bits per heavy atom. The number of ether oxygens (including phenoxy) is 1. The smallest absolute Gasteiger partial charge is 0.262 e. The van der Waals surface area contributed by atoms with E-state index in [0.29, 0.717) is 42.2 Å². The maximum Gasteiger partial charge on any atom is 0.262 e. The summed E-state index contributed by atoms with van der Waals surface area (Å²) in [6.07, 6.45) is 0.709. The molecule has 0 aliphatic rings. The van der Waals surface area contributed by atoms with Crippen LogP contribution < -0.4 is 5.56 Å². The molecule has 0 aliphatic carbocycles. The van der Waals surface area contributed by atoms with Crippen molar-refractivity contribution >= 4 is 55.7 Å². The number of Topliss-reactive ketones (excluding diaryl/α,β-unsaturated/α-hetero) is 1. The predicted octanol–water partition coefficient (Wildman–Crippen LogP) is 4.93. The van der Waals surface area contributed by atoms with Gasteiger partial charge in [-0.3, -0.25) is 14.2 Å². The van der Waals surface area contributed by atoms with Crippen LogP contribution in [0.1, 0.15) is 27.9 Å². The SMILES string of the molecule is CCOCCCn1c(SCC(=O)c2ccc(C)s2)nc2ccc(Br)cc2c1=O. The first-order valence-corrected chi connectivity index (χ1v) is 11.6. The van der Waals surface area contributed by atoms with Gasteiger partial charge in [0.05, 0.1) is 21.5 Å². The standard InChI is InChI=1S/C20H21BrN2O3S2/c1-3-26-10-4-9-23-19(25)15-11-14(21)6-7-16(15)22-20(23)27-12-17(24)18-8-5-13(2)28-18/h5-8,11H,3-4,9-10,12H2,1-2H3. The van der Waals surface area contributed by atoms with Gasteiger partial charge in [0.2, 0.25) is 0 Å². The van der Waals surface area contributed by atoms with Crippen LogP contribution in [0.3, 0.4) is 0 Å². The van der Waals surface area contributed by atoms with Crippen molar-refractivity contribution in [1.29, 1.82) is 0 Å². The average molecular weight is 481 g/mol. The summed E-state index contributed by atoms with van der Waals surface area (Å²) in [5.74, 6) is 0.300. The van der Waals surface area contributed by atoms with Gasteiger partial charge >= 0.3 is 0 Å². The molecule has 0 spiro atoms. The van der Waals surface area contributed by atoms with Crippen molar-refractivity contribution < 1.29 is 9.53 Å². The van der Waals surface area contributed by atoms with Crippen molar-refractivity contribution in [2.75, 3.05) is 19.0 Å². The van der Waals surface area contributed by atoms with Gasteiger partial charge in [-0.1, -0.05) is 27.7 Å². The minimum absolute atomic E-state index is 0.0501. The summed E-state index contributed by atoms with van der Waals surface area (Å²) in [5, 5.41) is 1.13. The highest BCUT2D eigenvalue weighted by Gasteiger charge is 2.15. The molecule has 0 saturated carbocycles. The summed E-state index contributed by atoms with van der Waals surface area (Å²) in [7, 11) is 0. The minimum Gasteiger partial charge on any atom is -0.382 e. The maximum absolute atomic E-state index is 13.0. The van der Waals surface area contributed by atoms with Crippen molar-refractivity contribution in [2.24, 2.45) is 0 Å². The molecule has 8 heteroatoms. The van der Waals surface area contributed by atoms with Gasteiger partial charge in [-0.15, -0.1) is 11.3 Å². The van der Waals surface area contributed by atoms with Crippen molar-refractivity contribution in [3.63, 3.8) is 0 Å². The molecular weight excluding hydrogens is 460 g/mol. The van der Waals surface area contributed by atoms with Crippen LogP contribution in [-0.4, -0.2) is 34.3 Å². The fourth-order valence-electron chi connectivity index (χ4n) is 2.73. The second kappa shape index (κ2) is 9.82. The van der Waals surface area contributed by atoms with Crippen molar-refractivity contribution in [3.05, 3.63) is 54.9 Å². The molecule has 0 N–H and O–H groups in total. The van der Waals surface area contributed by atoms with E-state index in [1.807, 2.05) is 38.1 Å². The van der Waals surface area contributed by atoms with E-state index < -0.39 is 0 Å². The Labute approximate surface area is 180 Å². The summed E-state index contributed by atoms with van der Waals surface area (Å²) in [4.78, 5) is 32.0. The number of thioether (sulfide) groups is 1. The molecule has 2 aromatic heterocycles. The lowest BCUT2D eigenvalue weighted by Gasteiger charge is -2.13. The maximum atomic E-state index is 13.0. The van der Waals surface area contributed by atoms with Crippen LogP contribution in [0.25, 0.3) is 10.9 Å². The second-order valence-electron chi connectivity index (χ2n) is 6.19. The Morgan fingerprint density at radius 3 is 2.86 bits per heavy atom. The van der Waals surface area contributed by atoms with Crippen LogP contribution in [0.2, 0.25) is 0 Å². The van der Waals surface area contributed by atoms with Crippen molar-refractivity contribution in [1.82, 2.24) is 9.55 Å². The Bertz CT molecular complexity index is 1050. The quantitative estimate of drug-likeness (QED) is 0.188. The van der Waals surface area contributed by atoms with Crippen LogP contribution in [0, 0.1) is 6.92 Å². The van der Waals surface area contributed by atoms with Crippen LogP contribution in [0.15, 0.2) is 44.8 Å². The van der Waals surface area contributed by atoms with E-state index >= 15 is 0 Å². The molecule has 0 aliphatic heterocycles. The molecule has 0 saturated heterocycles. The minimum atomic E-state index is -0.0929. The van der Waals surface area contributed by atoms with Crippen LogP contribution >= 0.6 is 39.0 Å². The number of hydrogen-bond donors (Lipinski definition) is 0. The van der Waals surface area contributed by atoms with Crippen molar-refractivity contribution in [3.8, 4) is 0 Å². The second-order valence-corrected chi connectivity index (χ2v) is 9.33. The van der Waals surface area contributed by atoms with E-state index in [9.17, 15) is 9.59 Å². The number of benzene rings is 1. The molecule has 0 atom stereocenters. The molecule has 0 radical (unpaired) electrons. The van der Waals surface area contributed by atoms with Gasteiger partial charge in [0.25, 0.3) is 5.56 Å². The first-order chi connectivity index (χ1) is 13.5. The Balaban J connectivity index is 1.88. The number of carbonyl (C=O) groups is 1. The van der Waals surface area contributed by atoms with Crippen LogP contribution in [-0.2, 0) is 11.3 Å². The fourth-order valence-corrected chi connectivity index (χ4v) is 4.90. The van der Waals surface area contributed by atoms with Gasteiger partial charge in [0.15, 0.2) is 10.9 Å². The third-order valence-electron chi connectivity index (χ3n) is 4.10. The zero-order valence-electron chi connectivity index (χ0n) is 15.7. The molecule has 3 rings (SSSR count). The fraction of sp³-hybridized carbons (Fsp3) is 0.350. The molecule has 28 heavy (non-hydrogen) atoms. The molecule has 1 aromatic carbocycles. The van der Waals surface area contributed by atoms with E-state index in [0.717, 1.165) is 14.2 Å². The van der Waals surface area contributed by atoms with E-state index in [2.05, 4.69) is 20.9 Å². The number of thiophene rings is 1. The molecule has 0 amide bonds.